The maximum atomic E-state index is 13.2. The van der Waals surface area contributed by atoms with E-state index < -0.39 is 5.91 Å². The van der Waals surface area contributed by atoms with Gasteiger partial charge >= 0.3 is 0 Å². The van der Waals surface area contributed by atoms with Gasteiger partial charge in [-0.3, -0.25) is 10.1 Å². The number of rotatable bonds is 6. The number of nitrogens with zero attached hydrogens (tertiary/aromatic N) is 3. The number of nitrogens with one attached hydrogen (secondary N) is 1. The van der Waals surface area contributed by atoms with Gasteiger partial charge in [-0.2, -0.15) is 0 Å². The van der Waals surface area contributed by atoms with Crippen molar-refractivity contribution < 1.29 is 9.53 Å². The molecule has 172 valence electrons. The van der Waals surface area contributed by atoms with Gasteiger partial charge in [-0.25, -0.2) is 15.0 Å². The zero-order valence-corrected chi connectivity index (χ0v) is 20.1. The Morgan fingerprint density at radius 1 is 1.03 bits per heavy atom. The lowest BCUT2D eigenvalue weighted by Gasteiger charge is -2.12. The number of hydrogen-bond acceptors (Lipinski definition) is 6. The first-order valence-corrected chi connectivity index (χ1v) is 12.0. The molecule has 0 atom stereocenters. The van der Waals surface area contributed by atoms with Crippen molar-refractivity contribution in [2.75, 3.05) is 11.9 Å². The van der Waals surface area contributed by atoms with Gasteiger partial charge in [-0.1, -0.05) is 67.5 Å². The van der Waals surface area contributed by atoms with Crippen LogP contribution in [0.3, 0.4) is 0 Å². The number of hydrogen-bond donors (Lipinski definition) is 1. The van der Waals surface area contributed by atoms with E-state index in [1.165, 1.54) is 16.9 Å². The van der Waals surface area contributed by atoms with E-state index in [2.05, 4.69) is 52.2 Å². The normalized spacial score (nSPS) is 11.0. The molecule has 6 nitrogen and oxygen atoms in total. The third kappa shape index (κ3) is 4.70. The molecule has 5 rings (SSSR count). The van der Waals surface area contributed by atoms with Crippen LogP contribution in [0.15, 0.2) is 66.7 Å². The molecule has 0 aliphatic rings. The quantitative estimate of drug-likeness (QED) is 0.290. The van der Waals surface area contributed by atoms with Gasteiger partial charge in [0.2, 0.25) is 5.82 Å². The molecule has 0 aliphatic carbocycles. The summed E-state index contributed by atoms with van der Waals surface area (Å²) >= 11 is 1.41. The first-order chi connectivity index (χ1) is 17.0. The number of fused-ring (bicyclic) bond motifs is 2. The molecule has 1 N–H and O–H groups in total. The first kappa shape index (κ1) is 22.5. The smallest absolute Gasteiger partial charge is 0.295 e. The van der Waals surface area contributed by atoms with Crippen LogP contribution in [0.4, 0.5) is 5.13 Å². The van der Waals surface area contributed by atoms with Crippen LogP contribution < -0.4 is 10.1 Å². The molecule has 1 amide bonds. The fourth-order valence-electron chi connectivity index (χ4n) is 3.75. The maximum Gasteiger partial charge on any atom is 0.295 e. The Balaban J connectivity index is 1.57. The largest absolute Gasteiger partial charge is 0.481 e. The number of para-hydroxylation sites is 1. The molecule has 0 saturated carbocycles. The van der Waals surface area contributed by atoms with Crippen molar-refractivity contribution in [3.8, 4) is 29.4 Å². The highest BCUT2D eigenvalue weighted by molar-refractivity contribution is 7.22. The van der Waals surface area contributed by atoms with Gasteiger partial charge in [0, 0.05) is 10.9 Å². The van der Waals surface area contributed by atoms with Gasteiger partial charge in [-0.05, 0) is 41.8 Å². The SMILES string of the molecule is C#CCOc1ccc2nc(C(=O)Nc3nc4ccccc4s3)nc(-c3ccc(C(C)C)cc3)c2c1. The molecule has 2 aromatic heterocycles. The van der Waals surface area contributed by atoms with E-state index in [1.54, 1.807) is 6.07 Å². The Morgan fingerprint density at radius 3 is 2.57 bits per heavy atom. The molecule has 0 fully saturated rings. The van der Waals surface area contributed by atoms with Gasteiger partial charge in [0.1, 0.15) is 12.4 Å². The van der Waals surface area contributed by atoms with Crippen LogP contribution in [0.1, 0.15) is 35.9 Å². The number of carbonyl (C=O) groups is 1. The van der Waals surface area contributed by atoms with E-state index in [0.29, 0.717) is 28.0 Å². The van der Waals surface area contributed by atoms with Crippen molar-refractivity contribution in [1.29, 1.82) is 0 Å². The van der Waals surface area contributed by atoms with Gasteiger partial charge < -0.3 is 4.74 Å². The minimum absolute atomic E-state index is 0.0667. The van der Waals surface area contributed by atoms with Gasteiger partial charge in [0.25, 0.3) is 5.91 Å². The predicted octanol–water partition coefficient (Wildman–Crippen LogP) is 6.29. The summed E-state index contributed by atoms with van der Waals surface area (Å²) in [5.41, 5.74) is 4.21. The van der Waals surface area contributed by atoms with Gasteiger partial charge in [0.15, 0.2) is 5.13 Å². The maximum absolute atomic E-state index is 13.2. The molecule has 0 aliphatic heterocycles. The standard InChI is InChI=1S/C28H22N4O2S/c1-4-15-34-20-13-14-22-21(16-20)25(19-11-9-18(10-12-19)17(2)3)31-26(29-22)27(33)32-28-30-23-7-5-6-8-24(23)35-28/h1,5-14,16-17H,15H2,2-3H3,(H,30,32,33). The molecule has 3 aromatic carbocycles. The number of carbonyl (C=O) groups excluding carboxylic acids is 1. The Labute approximate surface area is 207 Å². The van der Waals surface area contributed by atoms with E-state index in [4.69, 9.17) is 11.2 Å². The molecule has 7 heteroatoms. The van der Waals surface area contributed by atoms with E-state index in [9.17, 15) is 4.79 Å². The molecule has 0 radical (unpaired) electrons. The average molecular weight is 479 g/mol. The average Bonchev–Trinajstić information content (AvgIpc) is 3.29. The van der Waals surface area contributed by atoms with Crippen molar-refractivity contribution in [3.63, 3.8) is 0 Å². The van der Waals surface area contributed by atoms with Crippen LogP contribution >= 0.6 is 11.3 Å². The summed E-state index contributed by atoms with van der Waals surface area (Å²) in [5, 5.41) is 4.12. The Kier molecular flexibility index (Phi) is 6.13. The highest BCUT2D eigenvalue weighted by atomic mass is 32.1. The lowest BCUT2D eigenvalue weighted by atomic mass is 9.99. The Morgan fingerprint density at radius 2 is 1.83 bits per heavy atom. The summed E-state index contributed by atoms with van der Waals surface area (Å²) in [6.45, 7) is 4.46. The van der Waals surface area contributed by atoms with Crippen LogP contribution in [0.25, 0.3) is 32.4 Å². The van der Waals surface area contributed by atoms with Crippen molar-refractivity contribution >= 4 is 43.5 Å². The molecule has 0 saturated heterocycles. The molecule has 0 bridgehead atoms. The third-order valence-electron chi connectivity index (χ3n) is 5.56. The minimum atomic E-state index is -0.418. The monoisotopic (exact) mass is 478 g/mol. The summed E-state index contributed by atoms with van der Waals surface area (Å²) in [7, 11) is 0. The summed E-state index contributed by atoms with van der Waals surface area (Å²) in [5.74, 6) is 3.15. The lowest BCUT2D eigenvalue weighted by Crippen LogP contribution is -2.16. The molecular weight excluding hydrogens is 456 g/mol. The lowest BCUT2D eigenvalue weighted by molar-refractivity contribution is 0.101. The first-order valence-electron chi connectivity index (χ1n) is 11.2. The molecule has 35 heavy (non-hydrogen) atoms. The van der Waals surface area contributed by atoms with Crippen LogP contribution in [-0.2, 0) is 0 Å². The zero-order valence-electron chi connectivity index (χ0n) is 19.3. The second-order valence-electron chi connectivity index (χ2n) is 8.29. The highest BCUT2D eigenvalue weighted by Crippen LogP contribution is 2.31. The van der Waals surface area contributed by atoms with Crippen LogP contribution in [0.2, 0.25) is 0 Å². The minimum Gasteiger partial charge on any atom is -0.481 e. The topological polar surface area (TPSA) is 77.0 Å². The summed E-state index contributed by atoms with van der Waals surface area (Å²) in [4.78, 5) is 26.9. The number of benzene rings is 3. The number of thiazole rings is 1. The van der Waals surface area contributed by atoms with Crippen LogP contribution in [-0.4, -0.2) is 27.5 Å². The summed E-state index contributed by atoms with van der Waals surface area (Å²) in [6, 6.07) is 21.4. The van der Waals surface area contributed by atoms with E-state index in [0.717, 1.165) is 21.2 Å². The van der Waals surface area contributed by atoms with Crippen molar-refractivity contribution in [3.05, 3.63) is 78.1 Å². The van der Waals surface area contributed by atoms with Crippen LogP contribution in [0, 0.1) is 12.3 Å². The Hall–Kier alpha value is -4.28. The van der Waals surface area contributed by atoms with Crippen molar-refractivity contribution in [2.45, 2.75) is 19.8 Å². The van der Waals surface area contributed by atoms with Crippen molar-refractivity contribution in [2.24, 2.45) is 0 Å². The number of anilines is 1. The second-order valence-corrected chi connectivity index (χ2v) is 9.32. The number of terminal acetylenes is 1. The second kappa shape index (κ2) is 9.53. The zero-order chi connectivity index (χ0) is 24.4. The van der Waals surface area contributed by atoms with Crippen molar-refractivity contribution in [1.82, 2.24) is 15.0 Å². The number of ether oxygens (including phenoxy) is 1. The van der Waals surface area contributed by atoms with Gasteiger partial charge in [-0.15, -0.1) is 6.42 Å². The Bertz CT molecular complexity index is 1550. The molecule has 0 spiro atoms. The van der Waals surface area contributed by atoms with Crippen LogP contribution in [0.5, 0.6) is 5.75 Å². The molecule has 0 unspecified atom stereocenters. The molecule has 2 heterocycles. The van der Waals surface area contributed by atoms with E-state index in [-0.39, 0.29) is 12.4 Å². The van der Waals surface area contributed by atoms with Gasteiger partial charge in [0.05, 0.1) is 21.4 Å². The van der Waals surface area contributed by atoms with E-state index >= 15 is 0 Å². The fourth-order valence-corrected chi connectivity index (χ4v) is 4.61. The molecular formula is C28H22N4O2S. The third-order valence-corrected chi connectivity index (χ3v) is 6.51. The fraction of sp³-hybridized carbons (Fsp3) is 0.143. The number of amides is 1. The summed E-state index contributed by atoms with van der Waals surface area (Å²) < 4.78 is 6.61. The predicted molar refractivity (Wildman–Crippen MR) is 141 cm³/mol. The summed E-state index contributed by atoms with van der Waals surface area (Å²) in [6.07, 6.45) is 5.34. The number of aromatic nitrogens is 3. The highest BCUT2D eigenvalue weighted by Gasteiger charge is 2.18. The molecule has 5 aromatic rings. The van der Waals surface area contributed by atoms with E-state index in [1.807, 2.05) is 48.5 Å².